The summed E-state index contributed by atoms with van der Waals surface area (Å²) >= 11 is 3.40. The van der Waals surface area contributed by atoms with Crippen LogP contribution in [0.2, 0.25) is 0 Å². The van der Waals surface area contributed by atoms with Crippen molar-refractivity contribution < 1.29 is 14.3 Å². The molecule has 1 aliphatic carbocycles. The Kier molecular flexibility index (Phi) is 4.94. The lowest BCUT2D eigenvalue weighted by molar-refractivity contribution is -0.142. The Morgan fingerprint density at radius 3 is 2.88 bits per heavy atom. The van der Waals surface area contributed by atoms with Crippen LogP contribution >= 0.6 is 15.9 Å². The van der Waals surface area contributed by atoms with E-state index >= 15 is 0 Å². The number of benzene rings is 1. The van der Waals surface area contributed by atoms with Crippen LogP contribution < -0.4 is 5.32 Å². The van der Waals surface area contributed by atoms with Crippen molar-refractivity contribution in [3.05, 3.63) is 45.7 Å². The SMILES string of the molecule is COC(=O)C(Cc1cccc(Br)c1)NC(=O)c1n[nH]nc1C1CC1. The van der Waals surface area contributed by atoms with Gasteiger partial charge in [0, 0.05) is 16.8 Å². The maximum atomic E-state index is 12.5. The fourth-order valence-corrected chi connectivity index (χ4v) is 2.96. The molecule has 1 aromatic carbocycles. The van der Waals surface area contributed by atoms with Crippen molar-refractivity contribution >= 4 is 27.8 Å². The van der Waals surface area contributed by atoms with Gasteiger partial charge in [0.1, 0.15) is 6.04 Å². The molecular formula is C16H17BrN4O3. The Bertz CT molecular complexity index is 757. The molecule has 1 aromatic heterocycles. The highest BCUT2D eigenvalue weighted by Gasteiger charge is 2.33. The van der Waals surface area contributed by atoms with Crippen molar-refractivity contribution in [3.8, 4) is 0 Å². The monoisotopic (exact) mass is 392 g/mol. The summed E-state index contributed by atoms with van der Waals surface area (Å²) in [6.07, 6.45) is 2.34. The van der Waals surface area contributed by atoms with E-state index in [1.165, 1.54) is 7.11 Å². The summed E-state index contributed by atoms with van der Waals surface area (Å²) in [6.45, 7) is 0. The van der Waals surface area contributed by atoms with Crippen molar-refractivity contribution in [2.24, 2.45) is 0 Å². The molecule has 0 saturated heterocycles. The molecule has 1 atom stereocenters. The highest BCUT2D eigenvalue weighted by Crippen LogP contribution is 2.39. The maximum Gasteiger partial charge on any atom is 0.328 e. The van der Waals surface area contributed by atoms with E-state index in [2.05, 4.69) is 36.7 Å². The number of rotatable bonds is 6. The first-order valence-corrected chi connectivity index (χ1v) is 8.41. The summed E-state index contributed by atoms with van der Waals surface area (Å²) in [7, 11) is 1.30. The van der Waals surface area contributed by atoms with Crippen LogP contribution in [-0.2, 0) is 16.0 Å². The predicted octanol–water partition coefficient (Wildman–Crippen LogP) is 1.96. The summed E-state index contributed by atoms with van der Waals surface area (Å²) in [4.78, 5) is 24.5. The number of amides is 1. The third-order valence-corrected chi connectivity index (χ3v) is 4.37. The number of halogens is 1. The normalized spacial score (nSPS) is 14.9. The minimum absolute atomic E-state index is 0.251. The minimum Gasteiger partial charge on any atom is -0.467 e. The minimum atomic E-state index is -0.791. The van der Waals surface area contributed by atoms with E-state index in [4.69, 9.17) is 4.74 Å². The van der Waals surface area contributed by atoms with Crippen LogP contribution in [0.3, 0.4) is 0 Å². The molecule has 1 fully saturated rings. The van der Waals surface area contributed by atoms with Crippen molar-refractivity contribution in [2.75, 3.05) is 7.11 Å². The number of aromatic nitrogens is 3. The lowest BCUT2D eigenvalue weighted by atomic mass is 10.1. The Balaban J connectivity index is 1.75. The second-order valence-corrected chi connectivity index (χ2v) is 6.63. The van der Waals surface area contributed by atoms with Crippen LogP contribution in [0.25, 0.3) is 0 Å². The number of hydrogen-bond donors (Lipinski definition) is 2. The summed E-state index contributed by atoms with van der Waals surface area (Å²) < 4.78 is 5.72. The molecule has 24 heavy (non-hydrogen) atoms. The average Bonchev–Trinajstić information content (AvgIpc) is 3.30. The molecule has 126 valence electrons. The average molecular weight is 393 g/mol. The number of esters is 1. The van der Waals surface area contributed by atoms with E-state index in [9.17, 15) is 9.59 Å². The summed E-state index contributed by atoms with van der Waals surface area (Å²) in [6, 6.07) is 6.76. The van der Waals surface area contributed by atoms with Gasteiger partial charge in [0.2, 0.25) is 0 Å². The molecule has 0 bridgehead atoms. The second kappa shape index (κ2) is 7.12. The molecule has 1 aliphatic rings. The van der Waals surface area contributed by atoms with E-state index in [1.807, 2.05) is 24.3 Å². The van der Waals surface area contributed by atoms with Gasteiger partial charge in [-0.05, 0) is 30.5 Å². The van der Waals surface area contributed by atoms with E-state index in [-0.39, 0.29) is 11.6 Å². The highest BCUT2D eigenvalue weighted by atomic mass is 79.9. The van der Waals surface area contributed by atoms with Crippen molar-refractivity contribution in [3.63, 3.8) is 0 Å². The van der Waals surface area contributed by atoms with Crippen molar-refractivity contribution in [2.45, 2.75) is 31.2 Å². The summed E-state index contributed by atoms with van der Waals surface area (Å²) in [5.74, 6) is -0.637. The predicted molar refractivity (Wildman–Crippen MR) is 89.5 cm³/mol. The number of carbonyl (C=O) groups is 2. The molecule has 0 aliphatic heterocycles. The first kappa shape index (κ1) is 16.6. The fourth-order valence-electron chi connectivity index (χ4n) is 2.51. The van der Waals surface area contributed by atoms with E-state index in [1.54, 1.807) is 0 Å². The second-order valence-electron chi connectivity index (χ2n) is 5.71. The number of nitrogens with one attached hydrogen (secondary N) is 2. The molecule has 0 radical (unpaired) electrons. The van der Waals surface area contributed by atoms with Crippen LogP contribution in [0.4, 0.5) is 0 Å². The van der Waals surface area contributed by atoms with Gasteiger partial charge in [-0.15, -0.1) is 0 Å². The molecule has 7 nitrogen and oxygen atoms in total. The smallest absolute Gasteiger partial charge is 0.328 e. The number of H-pyrrole nitrogens is 1. The van der Waals surface area contributed by atoms with E-state index in [0.29, 0.717) is 12.1 Å². The molecule has 1 saturated carbocycles. The third kappa shape index (κ3) is 3.81. The zero-order valence-electron chi connectivity index (χ0n) is 13.1. The lowest BCUT2D eigenvalue weighted by Gasteiger charge is -2.16. The van der Waals surface area contributed by atoms with Gasteiger partial charge in [0.15, 0.2) is 5.69 Å². The topological polar surface area (TPSA) is 97.0 Å². The number of methoxy groups -OCH3 is 1. The van der Waals surface area contributed by atoms with Crippen LogP contribution in [-0.4, -0.2) is 40.4 Å². The Morgan fingerprint density at radius 1 is 1.42 bits per heavy atom. The van der Waals surface area contributed by atoms with E-state index in [0.717, 1.165) is 22.9 Å². The molecule has 1 heterocycles. The number of hydrogen-bond acceptors (Lipinski definition) is 5. The van der Waals surface area contributed by atoms with Gasteiger partial charge in [-0.25, -0.2) is 4.79 Å². The van der Waals surface area contributed by atoms with E-state index < -0.39 is 17.9 Å². The van der Waals surface area contributed by atoms with Crippen LogP contribution in [0.5, 0.6) is 0 Å². The van der Waals surface area contributed by atoms with Crippen molar-refractivity contribution in [1.82, 2.24) is 20.7 Å². The quantitative estimate of drug-likeness (QED) is 0.732. The van der Waals surface area contributed by atoms with Crippen LogP contribution in [0.1, 0.15) is 40.5 Å². The Morgan fingerprint density at radius 2 is 2.21 bits per heavy atom. The number of aromatic amines is 1. The first-order valence-electron chi connectivity index (χ1n) is 7.62. The number of carbonyl (C=O) groups excluding carboxylic acids is 2. The fraction of sp³-hybridized carbons (Fsp3) is 0.375. The maximum absolute atomic E-state index is 12.5. The van der Waals surface area contributed by atoms with Gasteiger partial charge in [-0.2, -0.15) is 15.4 Å². The summed E-state index contributed by atoms with van der Waals surface area (Å²) in [5.41, 5.74) is 1.82. The number of ether oxygens (including phenoxy) is 1. The van der Waals surface area contributed by atoms with Gasteiger partial charge in [-0.3, -0.25) is 4.79 Å². The van der Waals surface area contributed by atoms with Gasteiger partial charge in [0.05, 0.1) is 12.8 Å². The van der Waals surface area contributed by atoms with Gasteiger partial charge < -0.3 is 10.1 Å². The van der Waals surface area contributed by atoms with Gasteiger partial charge in [0.25, 0.3) is 5.91 Å². The largest absolute Gasteiger partial charge is 0.467 e. The Hall–Kier alpha value is -2.22. The molecule has 2 aromatic rings. The molecule has 3 rings (SSSR count). The highest BCUT2D eigenvalue weighted by molar-refractivity contribution is 9.10. The van der Waals surface area contributed by atoms with Gasteiger partial charge in [-0.1, -0.05) is 28.1 Å². The van der Waals surface area contributed by atoms with Crippen molar-refractivity contribution in [1.29, 1.82) is 0 Å². The third-order valence-electron chi connectivity index (χ3n) is 3.87. The molecule has 2 N–H and O–H groups in total. The van der Waals surface area contributed by atoms with Crippen LogP contribution in [0, 0.1) is 0 Å². The molecule has 1 amide bonds. The zero-order valence-corrected chi connectivity index (χ0v) is 14.7. The molecular weight excluding hydrogens is 376 g/mol. The molecule has 1 unspecified atom stereocenters. The molecule has 0 spiro atoms. The summed E-state index contributed by atoms with van der Waals surface area (Å²) in [5, 5.41) is 13.2. The Labute approximate surface area is 147 Å². The standard InChI is InChI=1S/C16H17BrN4O3/c1-24-16(23)12(8-9-3-2-4-11(17)7-9)18-15(22)14-13(10-5-6-10)19-21-20-14/h2-4,7,10,12H,5-6,8H2,1H3,(H,18,22)(H,19,20,21). The zero-order chi connectivity index (χ0) is 17.1. The first-order chi connectivity index (χ1) is 11.6. The van der Waals surface area contributed by atoms with Crippen LogP contribution in [0.15, 0.2) is 28.7 Å². The number of nitrogens with zero attached hydrogens (tertiary/aromatic N) is 2. The van der Waals surface area contributed by atoms with Gasteiger partial charge >= 0.3 is 5.97 Å². The lowest BCUT2D eigenvalue weighted by Crippen LogP contribution is -2.43. The molecule has 8 heteroatoms.